The predicted molar refractivity (Wildman–Crippen MR) is 157 cm³/mol. The Labute approximate surface area is 258 Å². The normalized spacial score (nSPS) is 24.2. The number of aromatic nitrogens is 2. The Morgan fingerprint density at radius 2 is 1.80 bits per heavy atom. The summed E-state index contributed by atoms with van der Waals surface area (Å²) in [5.41, 5.74) is 1.07. The van der Waals surface area contributed by atoms with Crippen molar-refractivity contribution in [3.63, 3.8) is 0 Å². The van der Waals surface area contributed by atoms with Crippen LogP contribution >= 0.6 is 11.6 Å². The lowest BCUT2D eigenvalue weighted by Gasteiger charge is -2.47. The third kappa shape index (κ3) is 7.13. The van der Waals surface area contributed by atoms with Crippen LogP contribution in [0, 0.1) is 0 Å². The molecule has 2 fully saturated rings. The minimum atomic E-state index is -4.81. The fourth-order valence-electron chi connectivity index (χ4n) is 6.43. The number of esters is 1. The zero-order valence-electron chi connectivity index (χ0n) is 24.8. The van der Waals surface area contributed by atoms with Crippen molar-refractivity contribution >= 4 is 23.1 Å². The minimum Gasteiger partial charge on any atom is -0.462 e. The van der Waals surface area contributed by atoms with Crippen LogP contribution in [0.4, 0.5) is 22.0 Å². The van der Waals surface area contributed by atoms with Gasteiger partial charge in [0.25, 0.3) is 5.92 Å². The highest BCUT2D eigenvalue weighted by atomic mass is 35.5. The Hall–Kier alpha value is -2.96. The topological polar surface area (TPSA) is 53.8 Å². The van der Waals surface area contributed by atoms with Crippen molar-refractivity contribution in [1.82, 2.24) is 24.5 Å². The number of likely N-dealkylation sites (tertiary alicyclic amines) is 1. The summed E-state index contributed by atoms with van der Waals surface area (Å²) < 4.78 is 75.9. The zero-order valence-corrected chi connectivity index (χ0v) is 25.6. The number of halogens is 6. The van der Waals surface area contributed by atoms with Gasteiger partial charge in [0.1, 0.15) is 10.6 Å². The van der Waals surface area contributed by atoms with E-state index in [9.17, 15) is 26.7 Å². The second-order valence-corrected chi connectivity index (χ2v) is 12.4. The number of hydrogen-bond acceptors (Lipinski definition) is 6. The minimum absolute atomic E-state index is 0.0528. The standard InChI is InChI=1S/C31H37ClF5N5O2/c1-3-44-28(43)25-19-38-42(27(25)31(35,36)37)23-10-7-13-40(20-23)26-18-30(32,12-11-24(26)22-8-5-4-6-9-22)41-16-14-39(15-17-41)21-29(2,33)34/h4-6,8-9,11-12,19,23H,3,7,10,13-18,20-21H2,1-2H3. The molecule has 2 unspecified atom stereocenters. The average Bonchev–Trinajstić information content (AvgIpc) is 3.44. The summed E-state index contributed by atoms with van der Waals surface area (Å²) in [5, 5.41) is 4.05. The van der Waals surface area contributed by atoms with Crippen molar-refractivity contribution in [3.05, 3.63) is 71.2 Å². The Morgan fingerprint density at radius 3 is 2.43 bits per heavy atom. The Morgan fingerprint density at radius 1 is 1.09 bits per heavy atom. The van der Waals surface area contributed by atoms with Crippen LogP contribution in [0.3, 0.4) is 0 Å². The summed E-state index contributed by atoms with van der Waals surface area (Å²) in [7, 11) is 0. The molecule has 0 amide bonds. The van der Waals surface area contributed by atoms with Crippen LogP contribution in [0.1, 0.15) is 60.8 Å². The van der Waals surface area contributed by atoms with Crippen LogP contribution in [0.25, 0.3) is 5.57 Å². The SMILES string of the molecule is CCOC(=O)c1cnn(C2CCCN(C3=C(c4ccccc4)C=CC(Cl)(N4CCN(CC(C)(F)F)CC4)C3)C2)c1C(F)(F)F. The summed E-state index contributed by atoms with van der Waals surface area (Å²) in [6.07, 6.45) is 1.46. The number of rotatable bonds is 8. The molecule has 0 bridgehead atoms. The summed E-state index contributed by atoms with van der Waals surface area (Å²) in [5.74, 6) is -3.84. The monoisotopic (exact) mass is 641 g/mol. The third-order valence-corrected chi connectivity index (χ3v) is 8.90. The van der Waals surface area contributed by atoms with Gasteiger partial charge in [0.15, 0.2) is 5.69 Å². The van der Waals surface area contributed by atoms with Crippen molar-refractivity contribution in [2.45, 2.75) is 56.2 Å². The number of carbonyl (C=O) groups excluding carboxylic acids is 1. The van der Waals surface area contributed by atoms with Gasteiger partial charge in [-0.05, 0) is 31.4 Å². The van der Waals surface area contributed by atoms with Crippen molar-refractivity contribution in [2.24, 2.45) is 0 Å². The van der Waals surface area contributed by atoms with Crippen LogP contribution in [-0.4, -0.2) is 93.8 Å². The van der Waals surface area contributed by atoms with E-state index in [1.54, 1.807) is 4.90 Å². The molecule has 1 aliphatic carbocycles. The number of piperidine rings is 1. The molecule has 44 heavy (non-hydrogen) atoms. The number of alkyl halides is 6. The number of piperazine rings is 1. The third-order valence-electron chi connectivity index (χ3n) is 8.40. The highest BCUT2D eigenvalue weighted by Crippen LogP contribution is 2.43. The molecule has 3 heterocycles. The number of allylic oxidation sites excluding steroid dienone is 2. The fraction of sp³-hybridized carbons (Fsp3) is 0.548. The molecule has 1 aromatic carbocycles. The van der Waals surface area contributed by atoms with Crippen molar-refractivity contribution in [1.29, 1.82) is 0 Å². The molecular formula is C31H37ClF5N5O2. The maximum atomic E-state index is 14.3. The molecule has 0 saturated carbocycles. The number of benzene rings is 1. The Balaban J connectivity index is 1.43. The van der Waals surface area contributed by atoms with Crippen LogP contribution in [0.15, 0.2) is 54.4 Å². The molecule has 7 nitrogen and oxygen atoms in total. The van der Waals surface area contributed by atoms with Crippen LogP contribution < -0.4 is 0 Å². The van der Waals surface area contributed by atoms with E-state index in [2.05, 4.69) is 14.9 Å². The van der Waals surface area contributed by atoms with Gasteiger partial charge >= 0.3 is 12.1 Å². The molecule has 240 valence electrons. The molecule has 13 heteroatoms. The van der Waals surface area contributed by atoms with E-state index >= 15 is 0 Å². The second-order valence-electron chi connectivity index (χ2n) is 11.7. The van der Waals surface area contributed by atoms with Gasteiger partial charge in [0, 0.05) is 63.9 Å². The Kier molecular flexibility index (Phi) is 9.44. The smallest absolute Gasteiger partial charge is 0.433 e. The van der Waals surface area contributed by atoms with Crippen molar-refractivity contribution in [3.8, 4) is 0 Å². The van der Waals surface area contributed by atoms with E-state index in [1.807, 2.05) is 42.5 Å². The maximum Gasteiger partial charge on any atom is 0.433 e. The lowest BCUT2D eigenvalue weighted by molar-refractivity contribution is -0.146. The molecule has 0 N–H and O–H groups in total. The van der Waals surface area contributed by atoms with Crippen LogP contribution in [0.2, 0.25) is 0 Å². The first kappa shape index (κ1) is 32.4. The Bertz CT molecular complexity index is 1380. The number of hydrogen-bond donors (Lipinski definition) is 0. The molecule has 0 radical (unpaired) electrons. The molecule has 2 saturated heterocycles. The molecule has 0 spiro atoms. The van der Waals surface area contributed by atoms with E-state index in [1.165, 1.54) is 6.92 Å². The van der Waals surface area contributed by atoms with Gasteiger partial charge < -0.3 is 9.64 Å². The van der Waals surface area contributed by atoms with Crippen LogP contribution in [0.5, 0.6) is 0 Å². The van der Waals surface area contributed by atoms with Gasteiger partial charge in [0.05, 0.1) is 25.4 Å². The van der Waals surface area contributed by atoms with Gasteiger partial charge in [-0.25, -0.2) is 13.6 Å². The maximum absolute atomic E-state index is 14.3. The molecule has 2 aromatic rings. The molecule has 2 aliphatic heterocycles. The van der Waals surface area contributed by atoms with Crippen molar-refractivity contribution in [2.75, 3.05) is 52.4 Å². The van der Waals surface area contributed by atoms with Gasteiger partial charge in [-0.2, -0.15) is 18.3 Å². The fourth-order valence-corrected chi connectivity index (χ4v) is 6.78. The largest absolute Gasteiger partial charge is 0.462 e. The molecule has 5 rings (SSSR count). The first-order valence-corrected chi connectivity index (χ1v) is 15.3. The first-order valence-electron chi connectivity index (χ1n) is 14.9. The van der Waals surface area contributed by atoms with E-state index in [-0.39, 0.29) is 19.7 Å². The zero-order chi connectivity index (χ0) is 31.7. The van der Waals surface area contributed by atoms with Gasteiger partial charge in [0.2, 0.25) is 0 Å². The van der Waals surface area contributed by atoms with Gasteiger partial charge in [-0.3, -0.25) is 14.5 Å². The van der Waals surface area contributed by atoms with Crippen molar-refractivity contribution < 1.29 is 31.5 Å². The average molecular weight is 642 g/mol. The highest BCUT2D eigenvalue weighted by Gasteiger charge is 2.44. The second kappa shape index (κ2) is 12.8. The highest BCUT2D eigenvalue weighted by molar-refractivity contribution is 6.25. The molecule has 3 aliphatic rings. The number of carbonyl (C=O) groups is 1. The summed E-state index contributed by atoms with van der Waals surface area (Å²) >= 11 is 7.30. The lowest BCUT2D eigenvalue weighted by Crippen LogP contribution is -2.56. The summed E-state index contributed by atoms with van der Waals surface area (Å²) in [6.45, 7) is 4.82. The molecule has 1 aromatic heterocycles. The predicted octanol–water partition coefficient (Wildman–Crippen LogP) is 6.29. The molecular weight excluding hydrogens is 605 g/mol. The first-order chi connectivity index (χ1) is 20.8. The van der Waals surface area contributed by atoms with E-state index in [4.69, 9.17) is 16.3 Å². The van der Waals surface area contributed by atoms with E-state index < -0.39 is 40.4 Å². The van der Waals surface area contributed by atoms with Gasteiger partial charge in [-0.1, -0.05) is 48.0 Å². The number of ether oxygens (including phenoxy) is 1. The number of nitrogens with zero attached hydrogens (tertiary/aromatic N) is 5. The van der Waals surface area contributed by atoms with Gasteiger partial charge in [-0.15, -0.1) is 0 Å². The quantitative estimate of drug-likeness (QED) is 0.146. The molecule has 2 atom stereocenters. The van der Waals surface area contributed by atoms with E-state index in [0.717, 1.165) is 34.6 Å². The van der Waals surface area contributed by atoms with E-state index in [0.29, 0.717) is 52.0 Å². The van der Waals surface area contributed by atoms with Crippen LogP contribution in [-0.2, 0) is 10.9 Å². The lowest BCUT2D eigenvalue weighted by atomic mass is 9.90. The summed E-state index contributed by atoms with van der Waals surface area (Å²) in [6, 6.07) is 9.07. The summed E-state index contributed by atoms with van der Waals surface area (Å²) in [4.78, 5) is 17.3.